The first-order chi connectivity index (χ1) is 5.15. The largest absolute Gasteiger partial charge is 0.506 e. The Labute approximate surface area is 74.3 Å². The van der Waals surface area contributed by atoms with E-state index in [2.05, 4.69) is 0 Å². The molecule has 0 bridgehead atoms. The zero-order chi connectivity index (χ0) is 8.43. The van der Waals surface area contributed by atoms with E-state index >= 15 is 0 Å². The van der Waals surface area contributed by atoms with E-state index in [-0.39, 0.29) is 10.8 Å². The van der Waals surface area contributed by atoms with Gasteiger partial charge in [0.05, 0.1) is 7.11 Å². The Morgan fingerprint density at radius 3 is 2.55 bits per heavy atom. The Kier molecular flexibility index (Phi) is 2.47. The Morgan fingerprint density at radius 1 is 1.36 bits per heavy atom. The van der Waals surface area contributed by atoms with Gasteiger partial charge in [-0.2, -0.15) is 0 Å². The number of ether oxygens (including phenoxy) is 1. The second-order valence-corrected chi connectivity index (χ2v) is 2.76. The molecule has 0 aliphatic heterocycles. The highest BCUT2D eigenvalue weighted by molar-refractivity contribution is 6.35. The number of phenols is 1. The molecule has 0 amide bonds. The van der Waals surface area contributed by atoms with E-state index in [0.29, 0.717) is 10.8 Å². The van der Waals surface area contributed by atoms with Crippen LogP contribution in [0.4, 0.5) is 0 Å². The number of aromatic hydroxyl groups is 1. The van der Waals surface area contributed by atoms with Crippen LogP contribution in [-0.4, -0.2) is 12.2 Å². The van der Waals surface area contributed by atoms with Crippen molar-refractivity contribution in [3.05, 3.63) is 22.2 Å². The van der Waals surface area contributed by atoms with Crippen LogP contribution >= 0.6 is 23.2 Å². The van der Waals surface area contributed by atoms with Crippen molar-refractivity contribution >= 4 is 23.2 Å². The molecule has 0 aliphatic rings. The predicted octanol–water partition coefficient (Wildman–Crippen LogP) is 2.71. The summed E-state index contributed by atoms with van der Waals surface area (Å²) in [5.41, 5.74) is 0. The molecule has 0 radical (unpaired) electrons. The van der Waals surface area contributed by atoms with Gasteiger partial charge >= 0.3 is 0 Å². The average molecular weight is 193 g/mol. The van der Waals surface area contributed by atoms with Crippen LogP contribution in [0, 0.1) is 0 Å². The summed E-state index contributed by atoms with van der Waals surface area (Å²) in [6.07, 6.45) is 0. The van der Waals surface area contributed by atoms with Crippen molar-refractivity contribution < 1.29 is 9.84 Å². The lowest BCUT2D eigenvalue weighted by Gasteiger charge is -2.04. The minimum atomic E-state index is -0.0731. The third kappa shape index (κ3) is 1.70. The molecule has 0 atom stereocenters. The molecule has 4 heteroatoms. The van der Waals surface area contributed by atoms with Crippen LogP contribution in [0.25, 0.3) is 0 Å². The highest BCUT2D eigenvalue weighted by Crippen LogP contribution is 2.35. The highest BCUT2D eigenvalue weighted by Gasteiger charge is 2.06. The van der Waals surface area contributed by atoms with Crippen molar-refractivity contribution in [3.8, 4) is 11.5 Å². The van der Waals surface area contributed by atoms with Crippen molar-refractivity contribution in [1.82, 2.24) is 0 Å². The second-order valence-electron chi connectivity index (χ2n) is 1.94. The summed E-state index contributed by atoms with van der Waals surface area (Å²) in [5, 5.41) is 9.69. The number of halogens is 2. The van der Waals surface area contributed by atoms with Crippen molar-refractivity contribution in [2.75, 3.05) is 7.11 Å². The molecule has 0 aromatic heterocycles. The average Bonchev–Trinajstić information content (AvgIpc) is 1.96. The van der Waals surface area contributed by atoms with Crippen molar-refractivity contribution in [1.29, 1.82) is 0 Å². The van der Waals surface area contributed by atoms with Gasteiger partial charge in [0, 0.05) is 17.2 Å². The molecular formula is C7H6Cl2O2. The molecule has 1 aromatic rings. The molecule has 0 aliphatic carbocycles. The van der Waals surface area contributed by atoms with Gasteiger partial charge in [-0.1, -0.05) is 23.2 Å². The molecule has 0 unspecified atom stereocenters. The SMILES string of the molecule is COc1cc(Cl)cc(O)c1Cl. The number of phenolic OH excluding ortho intramolecular Hbond substituents is 1. The second kappa shape index (κ2) is 3.20. The fourth-order valence-electron chi connectivity index (χ4n) is 0.699. The molecule has 0 saturated carbocycles. The Morgan fingerprint density at radius 2 is 2.00 bits per heavy atom. The monoisotopic (exact) mass is 192 g/mol. The summed E-state index contributed by atoms with van der Waals surface area (Å²) in [5.74, 6) is 0.299. The molecule has 1 N–H and O–H groups in total. The Hall–Kier alpha value is -0.600. The summed E-state index contributed by atoms with van der Waals surface area (Å²) in [6, 6.07) is 2.88. The van der Waals surface area contributed by atoms with Crippen molar-refractivity contribution in [2.45, 2.75) is 0 Å². The summed E-state index contributed by atoms with van der Waals surface area (Å²) < 4.78 is 4.83. The van der Waals surface area contributed by atoms with Crippen molar-refractivity contribution in [3.63, 3.8) is 0 Å². The van der Waals surface area contributed by atoms with E-state index in [9.17, 15) is 0 Å². The zero-order valence-electron chi connectivity index (χ0n) is 5.77. The number of hydrogen-bond acceptors (Lipinski definition) is 2. The molecule has 0 heterocycles. The smallest absolute Gasteiger partial charge is 0.142 e. The first kappa shape index (κ1) is 8.50. The first-order valence-corrected chi connectivity index (χ1v) is 3.62. The third-order valence-corrected chi connectivity index (χ3v) is 1.80. The summed E-state index contributed by atoms with van der Waals surface area (Å²) in [6.45, 7) is 0. The van der Waals surface area contributed by atoms with Gasteiger partial charge in [0.2, 0.25) is 0 Å². The number of methoxy groups -OCH3 is 1. The van der Waals surface area contributed by atoms with E-state index in [1.807, 2.05) is 0 Å². The highest BCUT2D eigenvalue weighted by atomic mass is 35.5. The van der Waals surface area contributed by atoms with Crippen LogP contribution in [0.1, 0.15) is 0 Å². The quantitative estimate of drug-likeness (QED) is 0.742. The van der Waals surface area contributed by atoms with E-state index in [1.165, 1.54) is 19.2 Å². The van der Waals surface area contributed by atoms with E-state index in [1.54, 1.807) is 0 Å². The van der Waals surface area contributed by atoms with E-state index < -0.39 is 0 Å². The molecule has 1 aromatic carbocycles. The molecule has 2 nitrogen and oxygen atoms in total. The van der Waals surface area contributed by atoms with Gasteiger partial charge in [-0.25, -0.2) is 0 Å². The fraction of sp³-hybridized carbons (Fsp3) is 0.143. The molecule has 0 saturated heterocycles. The molecule has 11 heavy (non-hydrogen) atoms. The molecule has 0 spiro atoms. The van der Waals surface area contributed by atoms with Crippen LogP contribution in [0.2, 0.25) is 10.0 Å². The summed E-state index contributed by atoms with van der Waals surface area (Å²) in [7, 11) is 1.46. The minimum absolute atomic E-state index is 0.0731. The normalized spacial score (nSPS) is 9.73. The fourth-order valence-corrected chi connectivity index (χ4v) is 1.09. The van der Waals surface area contributed by atoms with Crippen molar-refractivity contribution in [2.24, 2.45) is 0 Å². The van der Waals surface area contributed by atoms with E-state index in [0.717, 1.165) is 0 Å². The first-order valence-electron chi connectivity index (χ1n) is 2.87. The molecule has 1 rings (SSSR count). The standard InChI is InChI=1S/C7H6Cl2O2/c1-11-6-3-4(8)2-5(10)7(6)9/h2-3,10H,1H3. The third-order valence-electron chi connectivity index (χ3n) is 1.20. The zero-order valence-corrected chi connectivity index (χ0v) is 7.28. The maximum absolute atomic E-state index is 9.12. The van der Waals surface area contributed by atoms with Gasteiger partial charge in [-0.3, -0.25) is 0 Å². The minimum Gasteiger partial charge on any atom is -0.506 e. The molecule has 0 fully saturated rings. The summed E-state index contributed by atoms with van der Waals surface area (Å²) in [4.78, 5) is 0. The van der Waals surface area contributed by atoms with E-state index in [4.69, 9.17) is 33.0 Å². The molecular weight excluding hydrogens is 187 g/mol. The Bertz CT molecular complexity index is 273. The lowest BCUT2D eigenvalue weighted by molar-refractivity contribution is 0.408. The predicted molar refractivity (Wildman–Crippen MR) is 44.7 cm³/mol. The van der Waals surface area contributed by atoms with Gasteiger partial charge in [-0.05, 0) is 0 Å². The van der Waals surface area contributed by atoms with Crippen LogP contribution in [0.5, 0.6) is 11.5 Å². The lowest BCUT2D eigenvalue weighted by atomic mass is 10.3. The topological polar surface area (TPSA) is 29.5 Å². The lowest BCUT2D eigenvalue weighted by Crippen LogP contribution is -1.83. The van der Waals surface area contributed by atoms with Gasteiger partial charge in [-0.15, -0.1) is 0 Å². The molecule has 60 valence electrons. The van der Waals surface area contributed by atoms with Crippen LogP contribution < -0.4 is 4.74 Å². The van der Waals surface area contributed by atoms with Gasteiger partial charge in [0.25, 0.3) is 0 Å². The number of hydrogen-bond donors (Lipinski definition) is 1. The number of benzene rings is 1. The van der Waals surface area contributed by atoms with Crippen LogP contribution in [-0.2, 0) is 0 Å². The summed E-state index contributed by atoms with van der Waals surface area (Å²) >= 11 is 11.2. The van der Waals surface area contributed by atoms with Gasteiger partial charge in [0.15, 0.2) is 0 Å². The van der Waals surface area contributed by atoms with Gasteiger partial charge in [0.1, 0.15) is 16.5 Å². The van der Waals surface area contributed by atoms with Crippen LogP contribution in [0.3, 0.4) is 0 Å². The maximum atomic E-state index is 9.12. The van der Waals surface area contributed by atoms with Gasteiger partial charge < -0.3 is 9.84 Å². The maximum Gasteiger partial charge on any atom is 0.142 e. The number of rotatable bonds is 1. The van der Waals surface area contributed by atoms with Crippen LogP contribution in [0.15, 0.2) is 12.1 Å². The Balaban J connectivity index is 3.24.